The molecule has 0 rings (SSSR count). The van der Waals surface area contributed by atoms with E-state index in [1.807, 2.05) is 0 Å². The Labute approximate surface area is 44.9 Å². The van der Waals surface area contributed by atoms with Crippen LogP contribution < -0.4 is 0 Å². The van der Waals surface area contributed by atoms with E-state index >= 15 is 0 Å². The van der Waals surface area contributed by atoms with Crippen LogP contribution in [0.5, 0.6) is 0 Å². The van der Waals surface area contributed by atoms with Gasteiger partial charge in [0, 0.05) is 5.88 Å². The minimum atomic E-state index is -0.336. The zero-order valence-corrected chi connectivity index (χ0v) is 5.30. The Balaban J connectivity index is 2.75. The van der Waals surface area contributed by atoms with Gasteiger partial charge < -0.3 is 5.11 Å². The van der Waals surface area contributed by atoms with Crippen molar-refractivity contribution in [3.8, 4) is 0 Å². The van der Waals surface area contributed by atoms with Crippen molar-refractivity contribution in [3.05, 3.63) is 0 Å². The second kappa shape index (κ2) is 3.86. The number of alkyl halides is 1. The fourth-order valence-electron chi connectivity index (χ4n) is 0.0630. The second-order valence-electron chi connectivity index (χ2n) is 1.04. The molecule has 0 bridgehead atoms. The Morgan fingerprint density at radius 2 is 2.33 bits per heavy atom. The molecule has 0 amide bonds. The summed E-state index contributed by atoms with van der Waals surface area (Å²) in [5.41, 5.74) is 0. The van der Waals surface area contributed by atoms with Crippen molar-refractivity contribution in [2.75, 3.05) is 12.0 Å². The van der Waals surface area contributed by atoms with Crippen LogP contribution in [0.25, 0.3) is 0 Å². The van der Waals surface area contributed by atoms with Gasteiger partial charge in [-0.25, -0.2) is 0 Å². The summed E-state index contributed by atoms with van der Waals surface area (Å²) in [5, 5.41) is 8.51. The Morgan fingerprint density at radius 3 is 2.33 bits per heavy atom. The quantitative estimate of drug-likeness (QED) is 0.421. The first kappa shape index (κ1) is 6.68. The number of rotatable bonds is 2. The molecular weight excluding hydrogens is 118 g/mol. The lowest BCUT2D eigenvalue weighted by Gasteiger charge is -1.96. The average Bonchev–Trinajstić information content (AvgIpc) is 1.65. The summed E-state index contributed by atoms with van der Waals surface area (Å²) in [6, 6.07) is 0. The zero-order chi connectivity index (χ0) is 4.99. The van der Waals surface area contributed by atoms with Gasteiger partial charge in [-0.1, -0.05) is 0 Å². The van der Waals surface area contributed by atoms with Gasteiger partial charge in [-0.2, -0.15) is 0 Å². The third kappa shape index (κ3) is 2.89. The van der Waals surface area contributed by atoms with Gasteiger partial charge in [0.2, 0.25) is 0 Å². The minimum absolute atomic E-state index is 0.336. The van der Waals surface area contributed by atoms with Crippen LogP contribution in [-0.2, 0) is 0 Å². The van der Waals surface area contributed by atoms with E-state index in [-0.39, 0.29) is 6.10 Å². The highest BCUT2D eigenvalue weighted by molar-refractivity contribution is 7.16. The van der Waals surface area contributed by atoms with Crippen molar-refractivity contribution >= 4 is 20.8 Å². The Kier molecular flexibility index (Phi) is 4.29. The van der Waals surface area contributed by atoms with E-state index in [4.69, 9.17) is 16.7 Å². The van der Waals surface area contributed by atoms with Crippen LogP contribution in [0.1, 0.15) is 0 Å². The maximum atomic E-state index is 8.51. The van der Waals surface area contributed by atoms with Gasteiger partial charge in [0.25, 0.3) is 0 Å². The van der Waals surface area contributed by atoms with E-state index in [1.54, 1.807) is 0 Å². The molecule has 1 nitrogen and oxygen atoms in total. The fourth-order valence-corrected chi connectivity index (χ4v) is 0.567. The molecule has 0 aromatic heterocycles. The number of aliphatic hydroxyl groups is 1. The molecular formula is C3H8ClOP. The molecule has 38 valence electrons. The standard InChI is InChI=1S/C3H8ClOP/c4-1-3(5)2-6/h3,5H,1-2,6H2. The van der Waals surface area contributed by atoms with Crippen LogP contribution in [-0.4, -0.2) is 23.3 Å². The van der Waals surface area contributed by atoms with E-state index < -0.39 is 0 Å². The van der Waals surface area contributed by atoms with Crippen molar-refractivity contribution < 1.29 is 5.11 Å². The smallest absolute Gasteiger partial charge is 0.0709 e. The molecule has 0 saturated carbocycles. The monoisotopic (exact) mass is 126 g/mol. The van der Waals surface area contributed by atoms with Crippen molar-refractivity contribution in [3.63, 3.8) is 0 Å². The third-order valence-electron chi connectivity index (χ3n) is 0.450. The normalized spacial score (nSPS) is 14.5. The van der Waals surface area contributed by atoms with Gasteiger partial charge >= 0.3 is 0 Å². The summed E-state index contributed by atoms with van der Waals surface area (Å²) in [7, 11) is 2.40. The number of aliphatic hydroxyl groups excluding tert-OH is 1. The van der Waals surface area contributed by atoms with E-state index in [9.17, 15) is 0 Å². The molecule has 2 unspecified atom stereocenters. The van der Waals surface area contributed by atoms with E-state index in [1.165, 1.54) is 0 Å². The first-order valence-corrected chi connectivity index (χ1v) is 3.10. The fraction of sp³-hybridized carbons (Fsp3) is 1.00. The first-order chi connectivity index (χ1) is 2.81. The predicted octanol–water partition coefficient (Wildman–Crippen LogP) is 0.461. The van der Waals surface area contributed by atoms with Crippen LogP contribution in [0, 0.1) is 0 Å². The lowest BCUT2D eigenvalue weighted by atomic mass is 10.5. The Bertz CT molecular complexity index is 30.0. The van der Waals surface area contributed by atoms with Gasteiger partial charge in [0.1, 0.15) is 0 Å². The molecule has 0 saturated heterocycles. The summed E-state index contributed by atoms with van der Waals surface area (Å²) < 4.78 is 0. The highest BCUT2D eigenvalue weighted by Crippen LogP contribution is 1.91. The highest BCUT2D eigenvalue weighted by atomic mass is 35.5. The maximum Gasteiger partial charge on any atom is 0.0709 e. The lowest BCUT2D eigenvalue weighted by Crippen LogP contribution is -2.08. The van der Waals surface area contributed by atoms with Gasteiger partial charge in [0.05, 0.1) is 6.10 Å². The molecule has 2 atom stereocenters. The molecule has 0 aliphatic heterocycles. The van der Waals surface area contributed by atoms with Crippen LogP contribution in [0.2, 0.25) is 0 Å². The summed E-state index contributed by atoms with van der Waals surface area (Å²) in [5.74, 6) is 0.337. The zero-order valence-electron chi connectivity index (χ0n) is 3.39. The Morgan fingerprint density at radius 1 is 1.83 bits per heavy atom. The maximum absolute atomic E-state index is 8.51. The number of halogens is 1. The molecule has 0 spiro atoms. The largest absolute Gasteiger partial charge is 0.392 e. The molecule has 0 heterocycles. The highest BCUT2D eigenvalue weighted by Gasteiger charge is 1.92. The third-order valence-corrected chi connectivity index (χ3v) is 1.35. The number of hydrogen-bond acceptors (Lipinski definition) is 1. The van der Waals surface area contributed by atoms with Crippen molar-refractivity contribution in [1.29, 1.82) is 0 Å². The molecule has 0 aromatic carbocycles. The van der Waals surface area contributed by atoms with Gasteiger partial charge in [-0.05, 0) is 6.16 Å². The summed E-state index contributed by atoms with van der Waals surface area (Å²) in [6.45, 7) is 0. The van der Waals surface area contributed by atoms with E-state index in [0.29, 0.717) is 12.0 Å². The molecule has 0 fully saturated rings. The summed E-state index contributed by atoms with van der Waals surface area (Å²) in [4.78, 5) is 0. The summed E-state index contributed by atoms with van der Waals surface area (Å²) >= 11 is 5.19. The molecule has 0 aromatic rings. The molecule has 6 heavy (non-hydrogen) atoms. The SMILES string of the molecule is OC(CP)CCl. The number of hydrogen-bond donors (Lipinski definition) is 1. The van der Waals surface area contributed by atoms with Crippen LogP contribution in [0.4, 0.5) is 0 Å². The molecule has 0 radical (unpaired) electrons. The van der Waals surface area contributed by atoms with Gasteiger partial charge in [0.15, 0.2) is 0 Å². The predicted molar refractivity (Wildman–Crippen MR) is 31.3 cm³/mol. The van der Waals surface area contributed by atoms with Crippen molar-refractivity contribution in [1.82, 2.24) is 0 Å². The first-order valence-electron chi connectivity index (χ1n) is 1.75. The average molecular weight is 127 g/mol. The van der Waals surface area contributed by atoms with E-state index in [0.717, 1.165) is 0 Å². The molecule has 3 heteroatoms. The van der Waals surface area contributed by atoms with Gasteiger partial charge in [-0.15, -0.1) is 20.8 Å². The minimum Gasteiger partial charge on any atom is -0.392 e. The van der Waals surface area contributed by atoms with E-state index in [2.05, 4.69) is 9.24 Å². The van der Waals surface area contributed by atoms with Crippen molar-refractivity contribution in [2.24, 2.45) is 0 Å². The Hall–Kier alpha value is 0.680. The molecule has 0 aliphatic carbocycles. The van der Waals surface area contributed by atoms with Crippen molar-refractivity contribution in [2.45, 2.75) is 6.10 Å². The summed E-state index contributed by atoms with van der Waals surface area (Å²) in [6.07, 6.45) is 0.334. The molecule has 1 N–H and O–H groups in total. The topological polar surface area (TPSA) is 20.2 Å². The molecule has 0 aliphatic rings. The lowest BCUT2D eigenvalue weighted by molar-refractivity contribution is 0.223. The van der Waals surface area contributed by atoms with Crippen LogP contribution in [0.3, 0.4) is 0 Å². The van der Waals surface area contributed by atoms with Crippen LogP contribution >= 0.6 is 20.8 Å². The van der Waals surface area contributed by atoms with Crippen LogP contribution in [0.15, 0.2) is 0 Å². The van der Waals surface area contributed by atoms with Gasteiger partial charge in [-0.3, -0.25) is 0 Å². The second-order valence-corrected chi connectivity index (χ2v) is 1.82.